The van der Waals surface area contributed by atoms with Crippen LogP contribution in [0, 0.1) is 0 Å². The van der Waals surface area contributed by atoms with Gasteiger partial charge in [-0.25, -0.2) is 9.97 Å². The van der Waals surface area contributed by atoms with Gasteiger partial charge >= 0.3 is 0 Å². The molecule has 3 aromatic rings. The van der Waals surface area contributed by atoms with E-state index >= 15 is 0 Å². The Hall–Kier alpha value is -3.21. The van der Waals surface area contributed by atoms with Gasteiger partial charge in [0.05, 0.1) is 18.7 Å². The van der Waals surface area contributed by atoms with Gasteiger partial charge in [0, 0.05) is 11.6 Å². The number of amides is 1. The molecule has 0 bridgehead atoms. The van der Waals surface area contributed by atoms with Crippen molar-refractivity contribution in [2.75, 3.05) is 12.4 Å². The third-order valence-electron chi connectivity index (χ3n) is 3.99. The van der Waals surface area contributed by atoms with E-state index in [0.717, 1.165) is 16.9 Å². The molecule has 1 N–H and O–H groups in total. The standard InChI is InChI=1S/C20H19N3O2/c1-14(15-8-4-3-5-9-15)20(24)23-19-12-17(21-13-22-19)16-10-6-7-11-18(16)25-2/h3-14H,1-2H3,(H,21,22,23,24)/t14-/m0/s1. The Bertz CT molecular complexity index is 866. The van der Waals surface area contributed by atoms with Gasteiger partial charge in [-0.1, -0.05) is 42.5 Å². The predicted molar refractivity (Wildman–Crippen MR) is 97.5 cm³/mol. The number of carbonyl (C=O) groups excluding carboxylic acids is 1. The number of para-hydroxylation sites is 1. The molecule has 1 amide bonds. The van der Waals surface area contributed by atoms with Crippen molar-refractivity contribution in [1.29, 1.82) is 0 Å². The lowest BCUT2D eigenvalue weighted by molar-refractivity contribution is -0.117. The SMILES string of the molecule is COc1ccccc1-c1cc(NC(=O)[C@@H](C)c2ccccc2)ncn1. The zero-order valence-electron chi connectivity index (χ0n) is 14.1. The molecule has 126 valence electrons. The highest BCUT2D eigenvalue weighted by atomic mass is 16.5. The van der Waals surface area contributed by atoms with Gasteiger partial charge in [0.25, 0.3) is 0 Å². The third kappa shape index (κ3) is 3.83. The summed E-state index contributed by atoms with van der Waals surface area (Å²) in [4.78, 5) is 20.9. The van der Waals surface area contributed by atoms with E-state index in [1.807, 2.05) is 61.5 Å². The molecule has 25 heavy (non-hydrogen) atoms. The van der Waals surface area contributed by atoms with Crippen LogP contribution in [0.15, 0.2) is 67.0 Å². The molecule has 2 aromatic carbocycles. The summed E-state index contributed by atoms with van der Waals surface area (Å²) in [5.74, 6) is 0.793. The number of nitrogens with zero attached hydrogens (tertiary/aromatic N) is 2. The highest BCUT2D eigenvalue weighted by Gasteiger charge is 2.16. The fraction of sp³-hybridized carbons (Fsp3) is 0.150. The molecule has 0 aliphatic carbocycles. The first kappa shape index (κ1) is 16.6. The van der Waals surface area contributed by atoms with Crippen molar-refractivity contribution in [3.63, 3.8) is 0 Å². The Morgan fingerprint density at radius 3 is 2.52 bits per heavy atom. The maximum absolute atomic E-state index is 12.5. The van der Waals surface area contributed by atoms with E-state index in [1.165, 1.54) is 6.33 Å². The van der Waals surface area contributed by atoms with Crippen molar-refractivity contribution in [3.05, 3.63) is 72.6 Å². The number of carbonyl (C=O) groups is 1. The summed E-state index contributed by atoms with van der Waals surface area (Å²) in [6.45, 7) is 1.87. The van der Waals surface area contributed by atoms with E-state index in [-0.39, 0.29) is 11.8 Å². The predicted octanol–water partition coefficient (Wildman–Crippen LogP) is 3.89. The molecule has 5 nitrogen and oxygen atoms in total. The molecule has 3 rings (SSSR count). The maximum atomic E-state index is 12.5. The summed E-state index contributed by atoms with van der Waals surface area (Å²) in [5.41, 5.74) is 2.49. The minimum Gasteiger partial charge on any atom is -0.496 e. The quantitative estimate of drug-likeness (QED) is 0.769. The van der Waals surface area contributed by atoms with Crippen LogP contribution in [0.25, 0.3) is 11.3 Å². The lowest BCUT2D eigenvalue weighted by Crippen LogP contribution is -2.19. The van der Waals surface area contributed by atoms with Crippen LogP contribution in [0.2, 0.25) is 0 Å². The first-order valence-corrected chi connectivity index (χ1v) is 8.00. The summed E-state index contributed by atoms with van der Waals surface area (Å²) in [7, 11) is 1.62. The van der Waals surface area contributed by atoms with E-state index < -0.39 is 0 Å². The molecule has 1 heterocycles. The van der Waals surface area contributed by atoms with Gasteiger partial charge < -0.3 is 10.1 Å². The molecule has 5 heteroatoms. The number of aromatic nitrogens is 2. The molecular formula is C20H19N3O2. The number of rotatable bonds is 5. The molecule has 0 aliphatic rings. The van der Waals surface area contributed by atoms with Gasteiger partial charge in [-0.05, 0) is 24.6 Å². The fourth-order valence-electron chi connectivity index (χ4n) is 2.56. The summed E-state index contributed by atoms with van der Waals surface area (Å²) < 4.78 is 5.37. The normalized spacial score (nSPS) is 11.6. The molecule has 0 unspecified atom stereocenters. The van der Waals surface area contributed by atoms with Gasteiger partial charge in [-0.2, -0.15) is 0 Å². The Kier molecular flexibility index (Phi) is 5.04. The van der Waals surface area contributed by atoms with E-state index in [2.05, 4.69) is 15.3 Å². The molecule has 0 aliphatic heterocycles. The summed E-state index contributed by atoms with van der Waals surface area (Å²) in [6.07, 6.45) is 1.44. The van der Waals surface area contributed by atoms with Crippen LogP contribution in [0.1, 0.15) is 18.4 Å². The monoisotopic (exact) mass is 333 g/mol. The van der Waals surface area contributed by atoms with Crippen molar-refractivity contribution in [1.82, 2.24) is 9.97 Å². The Balaban J connectivity index is 1.81. The van der Waals surface area contributed by atoms with Crippen molar-refractivity contribution in [2.24, 2.45) is 0 Å². The molecule has 0 fully saturated rings. The average molecular weight is 333 g/mol. The van der Waals surface area contributed by atoms with Gasteiger partial charge in [0.1, 0.15) is 17.9 Å². The molecule has 0 radical (unpaired) electrons. The number of ether oxygens (including phenoxy) is 1. The van der Waals surface area contributed by atoms with Crippen molar-refractivity contribution in [2.45, 2.75) is 12.8 Å². The first-order chi connectivity index (χ1) is 12.2. The summed E-state index contributed by atoms with van der Waals surface area (Å²) in [5, 5.41) is 2.86. The second-order valence-electron chi connectivity index (χ2n) is 5.61. The van der Waals surface area contributed by atoms with Gasteiger partial charge in [0.15, 0.2) is 0 Å². The van der Waals surface area contributed by atoms with E-state index in [4.69, 9.17) is 4.74 Å². The number of nitrogens with one attached hydrogen (secondary N) is 1. The number of anilines is 1. The van der Waals surface area contributed by atoms with E-state index in [1.54, 1.807) is 13.2 Å². The van der Waals surface area contributed by atoms with Crippen LogP contribution in [-0.2, 0) is 4.79 Å². The second-order valence-corrected chi connectivity index (χ2v) is 5.61. The Morgan fingerprint density at radius 1 is 1.04 bits per heavy atom. The molecule has 1 aromatic heterocycles. The van der Waals surface area contributed by atoms with Crippen molar-refractivity contribution >= 4 is 11.7 Å². The number of hydrogen-bond donors (Lipinski definition) is 1. The van der Waals surface area contributed by atoms with Gasteiger partial charge in [-0.15, -0.1) is 0 Å². The smallest absolute Gasteiger partial charge is 0.232 e. The number of methoxy groups -OCH3 is 1. The lowest BCUT2D eigenvalue weighted by atomic mass is 10.0. The Morgan fingerprint density at radius 2 is 1.76 bits per heavy atom. The van der Waals surface area contributed by atoms with Gasteiger partial charge in [-0.3, -0.25) is 4.79 Å². The molecule has 0 saturated heterocycles. The lowest BCUT2D eigenvalue weighted by Gasteiger charge is -2.13. The summed E-state index contributed by atoms with van der Waals surface area (Å²) >= 11 is 0. The fourth-order valence-corrected chi connectivity index (χ4v) is 2.56. The summed E-state index contributed by atoms with van der Waals surface area (Å²) in [6, 6.07) is 19.0. The molecule has 0 saturated carbocycles. The molecular weight excluding hydrogens is 314 g/mol. The van der Waals surface area contributed by atoms with Crippen LogP contribution in [-0.4, -0.2) is 23.0 Å². The molecule has 1 atom stereocenters. The zero-order chi connectivity index (χ0) is 17.6. The topological polar surface area (TPSA) is 64.1 Å². The minimum atomic E-state index is -0.272. The maximum Gasteiger partial charge on any atom is 0.232 e. The number of benzene rings is 2. The average Bonchev–Trinajstić information content (AvgIpc) is 2.68. The molecule has 0 spiro atoms. The van der Waals surface area contributed by atoms with E-state index in [9.17, 15) is 4.79 Å². The largest absolute Gasteiger partial charge is 0.496 e. The van der Waals surface area contributed by atoms with Crippen LogP contribution in [0.4, 0.5) is 5.82 Å². The van der Waals surface area contributed by atoms with Crippen LogP contribution in [0.5, 0.6) is 5.75 Å². The highest BCUT2D eigenvalue weighted by Crippen LogP contribution is 2.29. The Labute approximate surface area is 146 Å². The first-order valence-electron chi connectivity index (χ1n) is 8.00. The minimum absolute atomic E-state index is 0.115. The highest BCUT2D eigenvalue weighted by molar-refractivity contribution is 5.95. The number of hydrogen-bond acceptors (Lipinski definition) is 4. The zero-order valence-corrected chi connectivity index (χ0v) is 14.1. The van der Waals surface area contributed by atoms with Crippen LogP contribution >= 0.6 is 0 Å². The second kappa shape index (κ2) is 7.57. The van der Waals surface area contributed by atoms with E-state index in [0.29, 0.717) is 11.5 Å². The van der Waals surface area contributed by atoms with Crippen molar-refractivity contribution in [3.8, 4) is 17.0 Å². The third-order valence-corrected chi connectivity index (χ3v) is 3.99. The van der Waals surface area contributed by atoms with Gasteiger partial charge in [0.2, 0.25) is 5.91 Å². The van der Waals surface area contributed by atoms with Crippen molar-refractivity contribution < 1.29 is 9.53 Å². The van der Waals surface area contributed by atoms with Crippen LogP contribution < -0.4 is 10.1 Å². The van der Waals surface area contributed by atoms with Crippen LogP contribution in [0.3, 0.4) is 0 Å².